The molecular formula is C18H19F3N4O2S. The highest BCUT2D eigenvalue weighted by Gasteiger charge is 2.38. The number of carbonyl (C=O) groups is 1. The van der Waals surface area contributed by atoms with Crippen molar-refractivity contribution in [1.29, 1.82) is 0 Å². The number of nitrogens with zero attached hydrogens (tertiary/aromatic N) is 4. The fourth-order valence-electron chi connectivity index (χ4n) is 2.54. The number of halogens is 3. The summed E-state index contributed by atoms with van der Waals surface area (Å²) >= 11 is 1.24. The lowest BCUT2D eigenvalue weighted by Gasteiger charge is -2.15. The van der Waals surface area contributed by atoms with Gasteiger partial charge in [-0.25, -0.2) is 0 Å². The molecule has 3 aromatic heterocycles. The molecule has 3 heterocycles. The van der Waals surface area contributed by atoms with Gasteiger partial charge in [-0.05, 0) is 24.5 Å². The predicted molar refractivity (Wildman–Crippen MR) is 97.1 cm³/mol. The summed E-state index contributed by atoms with van der Waals surface area (Å²) in [6.07, 6.45) is -1.04. The first-order chi connectivity index (χ1) is 12.9. The summed E-state index contributed by atoms with van der Waals surface area (Å²) in [6, 6.07) is 3.20. The maximum absolute atomic E-state index is 12.6. The highest BCUT2D eigenvalue weighted by Crippen LogP contribution is 2.34. The van der Waals surface area contributed by atoms with E-state index in [-0.39, 0.29) is 23.1 Å². The first-order valence-corrected chi connectivity index (χ1v) is 9.34. The number of aromatic nitrogens is 4. The number of hydrogen-bond acceptors (Lipinski definition) is 6. The van der Waals surface area contributed by atoms with Crippen molar-refractivity contribution in [2.75, 3.05) is 0 Å². The van der Waals surface area contributed by atoms with Gasteiger partial charge in [0.1, 0.15) is 0 Å². The van der Waals surface area contributed by atoms with E-state index in [9.17, 15) is 18.0 Å². The van der Waals surface area contributed by atoms with E-state index in [1.165, 1.54) is 17.5 Å². The molecule has 0 saturated carbocycles. The zero-order valence-electron chi connectivity index (χ0n) is 15.7. The Morgan fingerprint density at radius 3 is 2.61 bits per heavy atom. The van der Waals surface area contributed by atoms with Crippen LogP contribution in [0.5, 0.6) is 0 Å². The van der Waals surface area contributed by atoms with Gasteiger partial charge in [0.05, 0.1) is 22.7 Å². The van der Waals surface area contributed by atoms with Crippen LogP contribution in [0.3, 0.4) is 0 Å². The monoisotopic (exact) mass is 412 g/mol. The molecule has 28 heavy (non-hydrogen) atoms. The molecule has 0 aromatic carbocycles. The second kappa shape index (κ2) is 7.16. The molecule has 0 saturated heterocycles. The summed E-state index contributed by atoms with van der Waals surface area (Å²) in [5.74, 6) is -1.47. The number of ketones is 1. The third-order valence-electron chi connectivity index (χ3n) is 3.94. The normalized spacial score (nSPS) is 13.7. The molecule has 0 aliphatic rings. The van der Waals surface area contributed by atoms with E-state index in [0.717, 1.165) is 4.88 Å². The van der Waals surface area contributed by atoms with Gasteiger partial charge >= 0.3 is 12.1 Å². The van der Waals surface area contributed by atoms with Gasteiger partial charge in [0.2, 0.25) is 5.82 Å². The van der Waals surface area contributed by atoms with Crippen molar-refractivity contribution in [3.63, 3.8) is 0 Å². The van der Waals surface area contributed by atoms with Crippen LogP contribution in [-0.2, 0) is 6.18 Å². The molecule has 0 aliphatic heterocycles. The van der Waals surface area contributed by atoms with Gasteiger partial charge < -0.3 is 4.52 Å². The zero-order valence-corrected chi connectivity index (χ0v) is 16.6. The maximum Gasteiger partial charge on any atom is 0.471 e. The standard InChI is InChI=1S/C18H19F3N4O2S/c1-10(25-9-11(8-22-25)12(26)7-17(2,3)4)13-5-6-14(28-13)15-23-16(27-24-15)18(19,20)21/h5-6,8-10H,7H2,1-4H3. The Morgan fingerprint density at radius 1 is 1.29 bits per heavy atom. The fourth-order valence-corrected chi connectivity index (χ4v) is 3.52. The Labute approximate surface area is 163 Å². The van der Waals surface area contributed by atoms with E-state index in [2.05, 4.69) is 19.8 Å². The van der Waals surface area contributed by atoms with Crippen LogP contribution in [0.4, 0.5) is 13.2 Å². The van der Waals surface area contributed by atoms with Crippen molar-refractivity contribution in [3.8, 4) is 10.7 Å². The summed E-state index contributed by atoms with van der Waals surface area (Å²) in [5.41, 5.74) is 0.416. The molecule has 3 aromatic rings. The molecule has 0 spiro atoms. The Hall–Kier alpha value is -2.49. The summed E-state index contributed by atoms with van der Waals surface area (Å²) in [7, 11) is 0. The first-order valence-electron chi connectivity index (χ1n) is 8.52. The second-order valence-corrected chi connectivity index (χ2v) is 8.78. The Kier molecular flexibility index (Phi) is 5.18. The van der Waals surface area contributed by atoms with Gasteiger partial charge in [-0.15, -0.1) is 11.3 Å². The van der Waals surface area contributed by atoms with E-state index in [1.54, 1.807) is 23.0 Å². The molecule has 0 bridgehead atoms. The molecule has 1 atom stereocenters. The Morgan fingerprint density at radius 2 is 2.00 bits per heavy atom. The second-order valence-electron chi connectivity index (χ2n) is 7.67. The van der Waals surface area contributed by atoms with Crippen molar-refractivity contribution in [1.82, 2.24) is 19.9 Å². The summed E-state index contributed by atoms with van der Waals surface area (Å²) < 4.78 is 43.8. The quantitative estimate of drug-likeness (QED) is 0.536. The van der Waals surface area contributed by atoms with Crippen LogP contribution >= 0.6 is 11.3 Å². The minimum absolute atomic E-state index is 0.0179. The van der Waals surface area contributed by atoms with Crippen molar-refractivity contribution in [3.05, 3.63) is 40.9 Å². The van der Waals surface area contributed by atoms with Gasteiger partial charge in [-0.2, -0.15) is 23.3 Å². The topological polar surface area (TPSA) is 73.8 Å². The lowest BCUT2D eigenvalue weighted by molar-refractivity contribution is -0.159. The Bertz CT molecular complexity index is 982. The average molecular weight is 412 g/mol. The van der Waals surface area contributed by atoms with Crippen LogP contribution < -0.4 is 0 Å². The SMILES string of the molecule is CC(c1ccc(-c2noc(C(F)(F)F)n2)s1)n1cc(C(=O)CC(C)(C)C)cn1. The lowest BCUT2D eigenvalue weighted by atomic mass is 9.88. The van der Waals surface area contributed by atoms with E-state index in [0.29, 0.717) is 16.9 Å². The van der Waals surface area contributed by atoms with Crippen LogP contribution in [-0.4, -0.2) is 25.7 Å². The summed E-state index contributed by atoms with van der Waals surface area (Å²) in [6.45, 7) is 7.87. The average Bonchev–Trinajstić information content (AvgIpc) is 3.30. The van der Waals surface area contributed by atoms with Crippen molar-refractivity contribution >= 4 is 17.1 Å². The molecule has 150 valence electrons. The minimum Gasteiger partial charge on any atom is -0.329 e. The highest BCUT2D eigenvalue weighted by molar-refractivity contribution is 7.15. The minimum atomic E-state index is -4.68. The largest absolute Gasteiger partial charge is 0.471 e. The van der Waals surface area contributed by atoms with Crippen molar-refractivity contribution in [2.45, 2.75) is 46.3 Å². The van der Waals surface area contributed by atoms with Crippen molar-refractivity contribution in [2.24, 2.45) is 5.41 Å². The van der Waals surface area contributed by atoms with Crippen LogP contribution in [0.1, 0.15) is 61.3 Å². The molecule has 1 unspecified atom stereocenters. The van der Waals surface area contributed by atoms with Gasteiger partial charge in [0, 0.05) is 17.5 Å². The van der Waals surface area contributed by atoms with E-state index < -0.39 is 12.1 Å². The van der Waals surface area contributed by atoms with E-state index in [4.69, 9.17) is 0 Å². The third-order valence-corrected chi connectivity index (χ3v) is 5.19. The zero-order chi connectivity index (χ0) is 20.7. The third kappa shape index (κ3) is 4.49. The predicted octanol–water partition coefficient (Wildman–Crippen LogP) is 5.24. The summed E-state index contributed by atoms with van der Waals surface area (Å²) in [5, 5.41) is 7.66. The number of carbonyl (C=O) groups excluding carboxylic acids is 1. The van der Waals surface area contributed by atoms with Gasteiger partial charge in [0.15, 0.2) is 5.78 Å². The van der Waals surface area contributed by atoms with Crippen LogP contribution in [0.15, 0.2) is 29.0 Å². The number of Topliss-reactive ketones (excluding diaryl/α,β-unsaturated/α-hetero) is 1. The molecule has 3 rings (SSSR count). The number of rotatable bonds is 5. The maximum atomic E-state index is 12.6. The van der Waals surface area contributed by atoms with E-state index in [1.807, 2.05) is 27.7 Å². The number of alkyl halides is 3. The van der Waals surface area contributed by atoms with E-state index >= 15 is 0 Å². The van der Waals surface area contributed by atoms with Crippen LogP contribution in [0.2, 0.25) is 0 Å². The molecule has 0 aliphatic carbocycles. The molecular weight excluding hydrogens is 393 g/mol. The smallest absolute Gasteiger partial charge is 0.329 e. The molecule has 10 heteroatoms. The van der Waals surface area contributed by atoms with Gasteiger partial charge in [-0.3, -0.25) is 9.48 Å². The first kappa shape index (κ1) is 20.2. The molecule has 0 amide bonds. The molecule has 0 radical (unpaired) electrons. The lowest BCUT2D eigenvalue weighted by Crippen LogP contribution is -2.12. The fraction of sp³-hybridized carbons (Fsp3) is 0.444. The van der Waals surface area contributed by atoms with Crippen LogP contribution in [0, 0.1) is 5.41 Å². The number of hydrogen-bond donors (Lipinski definition) is 0. The summed E-state index contributed by atoms with van der Waals surface area (Å²) in [4.78, 5) is 17.0. The Balaban J connectivity index is 1.77. The van der Waals surface area contributed by atoms with Crippen LogP contribution in [0.25, 0.3) is 10.7 Å². The van der Waals surface area contributed by atoms with Gasteiger partial charge in [0.25, 0.3) is 0 Å². The van der Waals surface area contributed by atoms with Crippen molar-refractivity contribution < 1.29 is 22.5 Å². The molecule has 0 fully saturated rings. The number of thiophene rings is 1. The molecule has 0 N–H and O–H groups in total. The highest BCUT2D eigenvalue weighted by atomic mass is 32.1. The molecule has 6 nitrogen and oxygen atoms in total. The van der Waals surface area contributed by atoms with Gasteiger partial charge in [-0.1, -0.05) is 25.9 Å².